The van der Waals surface area contributed by atoms with Gasteiger partial charge in [-0.1, -0.05) is 16.8 Å². The number of hydrogen-bond donors (Lipinski definition) is 2. The highest BCUT2D eigenvalue weighted by Gasteiger charge is 2.09. The number of rotatable bonds is 7. The lowest BCUT2D eigenvalue weighted by Gasteiger charge is -2.12. The summed E-state index contributed by atoms with van der Waals surface area (Å²) in [5.74, 6) is 0.591. The second kappa shape index (κ2) is 8.79. The Kier molecular flexibility index (Phi) is 6.45. The van der Waals surface area contributed by atoms with Gasteiger partial charge in [-0.05, 0) is 49.4 Å². The van der Waals surface area contributed by atoms with Gasteiger partial charge in [0.2, 0.25) is 0 Å². The van der Waals surface area contributed by atoms with Crippen LogP contribution in [0, 0.1) is 0 Å². The average Bonchev–Trinajstić information content (AvgIpc) is 2.57. The van der Waals surface area contributed by atoms with E-state index in [0.29, 0.717) is 34.4 Å². The number of nitrogens with one attached hydrogen (secondary N) is 1. The van der Waals surface area contributed by atoms with Gasteiger partial charge < -0.3 is 20.0 Å². The molecule has 0 radical (unpaired) electrons. The molecule has 0 aromatic heterocycles. The first-order valence-corrected chi connectivity index (χ1v) is 7.62. The lowest BCUT2D eigenvalue weighted by molar-refractivity contribution is -0.118. The minimum Gasteiger partial charge on any atom is -0.490 e. The first-order chi connectivity index (χ1) is 11.6. The van der Waals surface area contributed by atoms with E-state index in [9.17, 15) is 4.79 Å². The number of benzene rings is 2. The van der Waals surface area contributed by atoms with Crippen LogP contribution >= 0.6 is 11.6 Å². The maximum atomic E-state index is 11.9. The zero-order valence-corrected chi connectivity index (χ0v) is 13.8. The minimum atomic E-state index is -0.305. The molecule has 0 aliphatic heterocycles. The van der Waals surface area contributed by atoms with Gasteiger partial charge >= 0.3 is 0 Å². The Morgan fingerprint density at radius 1 is 1.21 bits per heavy atom. The van der Waals surface area contributed by atoms with Gasteiger partial charge in [0.15, 0.2) is 18.1 Å². The summed E-state index contributed by atoms with van der Waals surface area (Å²) in [6.45, 7) is 2.10. The van der Waals surface area contributed by atoms with E-state index in [0.717, 1.165) is 0 Å². The zero-order chi connectivity index (χ0) is 17.4. The predicted molar refractivity (Wildman–Crippen MR) is 92.6 cm³/mol. The van der Waals surface area contributed by atoms with Crippen molar-refractivity contribution in [3.63, 3.8) is 0 Å². The van der Waals surface area contributed by atoms with Crippen LogP contribution in [0.4, 0.5) is 5.69 Å². The molecule has 2 aromatic rings. The zero-order valence-electron chi connectivity index (χ0n) is 13.0. The van der Waals surface area contributed by atoms with Gasteiger partial charge in [-0.25, -0.2) is 0 Å². The van der Waals surface area contributed by atoms with Crippen LogP contribution in [0.2, 0.25) is 5.02 Å². The van der Waals surface area contributed by atoms with Crippen molar-refractivity contribution in [2.45, 2.75) is 6.92 Å². The standard InChI is InChI=1S/C17H17ClN2O4/c1-2-23-16-9-12(10-19-22)3-8-15(16)24-11-17(21)20-14-6-4-13(18)5-7-14/h3-10,22H,2,11H2,1H3,(H,20,21)/b19-10-. The second-order valence-electron chi connectivity index (χ2n) is 4.73. The van der Waals surface area contributed by atoms with E-state index in [1.165, 1.54) is 6.21 Å². The highest BCUT2D eigenvalue weighted by atomic mass is 35.5. The van der Waals surface area contributed by atoms with E-state index >= 15 is 0 Å². The van der Waals surface area contributed by atoms with Crippen molar-refractivity contribution < 1.29 is 19.5 Å². The van der Waals surface area contributed by atoms with E-state index in [4.69, 9.17) is 26.3 Å². The van der Waals surface area contributed by atoms with E-state index < -0.39 is 0 Å². The van der Waals surface area contributed by atoms with Crippen molar-refractivity contribution in [1.82, 2.24) is 0 Å². The van der Waals surface area contributed by atoms with Gasteiger partial charge in [0.25, 0.3) is 5.91 Å². The fourth-order valence-electron chi connectivity index (χ4n) is 1.93. The normalized spacial score (nSPS) is 10.6. The number of amides is 1. The number of ether oxygens (including phenoxy) is 2. The number of halogens is 1. The van der Waals surface area contributed by atoms with Crippen LogP contribution in [0.1, 0.15) is 12.5 Å². The van der Waals surface area contributed by atoms with Crippen molar-refractivity contribution in [3.8, 4) is 11.5 Å². The number of carbonyl (C=O) groups excluding carboxylic acids is 1. The van der Waals surface area contributed by atoms with E-state index in [1.807, 2.05) is 6.92 Å². The number of hydrogen-bond acceptors (Lipinski definition) is 5. The quantitative estimate of drug-likeness (QED) is 0.455. The van der Waals surface area contributed by atoms with Crippen LogP contribution in [-0.2, 0) is 4.79 Å². The molecule has 0 heterocycles. The molecule has 0 fully saturated rings. The lowest BCUT2D eigenvalue weighted by atomic mass is 10.2. The fraction of sp³-hybridized carbons (Fsp3) is 0.176. The molecule has 126 valence electrons. The van der Waals surface area contributed by atoms with Crippen molar-refractivity contribution >= 4 is 29.4 Å². The molecular weight excluding hydrogens is 332 g/mol. The Labute approximate surface area is 144 Å². The summed E-state index contributed by atoms with van der Waals surface area (Å²) < 4.78 is 11.0. The van der Waals surface area contributed by atoms with Crippen molar-refractivity contribution in [2.24, 2.45) is 5.16 Å². The van der Waals surface area contributed by atoms with E-state index in [2.05, 4.69) is 10.5 Å². The van der Waals surface area contributed by atoms with Crippen LogP contribution in [-0.4, -0.2) is 30.5 Å². The monoisotopic (exact) mass is 348 g/mol. The third-order valence-electron chi connectivity index (χ3n) is 2.96. The van der Waals surface area contributed by atoms with Gasteiger partial charge in [-0.15, -0.1) is 0 Å². The van der Waals surface area contributed by atoms with Gasteiger partial charge in [-0.2, -0.15) is 0 Å². The summed E-state index contributed by atoms with van der Waals surface area (Å²) in [5.41, 5.74) is 1.28. The summed E-state index contributed by atoms with van der Waals surface area (Å²) in [4.78, 5) is 11.9. The molecule has 0 spiro atoms. The van der Waals surface area contributed by atoms with Crippen LogP contribution in [0.3, 0.4) is 0 Å². The fourth-order valence-corrected chi connectivity index (χ4v) is 2.06. The van der Waals surface area contributed by atoms with Crippen molar-refractivity contribution in [2.75, 3.05) is 18.5 Å². The van der Waals surface area contributed by atoms with Crippen molar-refractivity contribution in [1.29, 1.82) is 0 Å². The minimum absolute atomic E-state index is 0.170. The van der Waals surface area contributed by atoms with Crippen LogP contribution in [0.5, 0.6) is 11.5 Å². The summed E-state index contributed by atoms with van der Waals surface area (Å²) >= 11 is 5.80. The lowest BCUT2D eigenvalue weighted by Crippen LogP contribution is -2.20. The Hall–Kier alpha value is -2.73. The maximum absolute atomic E-state index is 11.9. The van der Waals surface area contributed by atoms with E-state index in [1.54, 1.807) is 42.5 Å². The maximum Gasteiger partial charge on any atom is 0.262 e. The van der Waals surface area contributed by atoms with E-state index in [-0.39, 0.29) is 12.5 Å². The van der Waals surface area contributed by atoms with Crippen LogP contribution in [0.15, 0.2) is 47.6 Å². The smallest absolute Gasteiger partial charge is 0.262 e. The number of oxime groups is 1. The molecule has 7 heteroatoms. The summed E-state index contributed by atoms with van der Waals surface area (Å²) in [5, 5.41) is 14.8. The molecule has 24 heavy (non-hydrogen) atoms. The molecular formula is C17H17ClN2O4. The van der Waals surface area contributed by atoms with Crippen LogP contribution < -0.4 is 14.8 Å². The highest BCUT2D eigenvalue weighted by molar-refractivity contribution is 6.30. The van der Waals surface area contributed by atoms with Gasteiger partial charge in [0, 0.05) is 16.3 Å². The molecule has 1 amide bonds. The first kappa shape index (κ1) is 17.6. The third kappa shape index (κ3) is 5.17. The highest BCUT2D eigenvalue weighted by Crippen LogP contribution is 2.28. The molecule has 2 rings (SSSR count). The summed E-state index contributed by atoms with van der Waals surface area (Å²) in [7, 11) is 0. The molecule has 0 aliphatic rings. The summed E-state index contributed by atoms with van der Waals surface area (Å²) in [6.07, 6.45) is 1.28. The number of nitrogens with zero attached hydrogens (tertiary/aromatic N) is 1. The molecule has 2 N–H and O–H groups in total. The van der Waals surface area contributed by atoms with Gasteiger partial charge in [-0.3, -0.25) is 4.79 Å². The third-order valence-corrected chi connectivity index (χ3v) is 3.21. The first-order valence-electron chi connectivity index (χ1n) is 7.25. The Balaban J connectivity index is 1.99. The molecule has 2 aromatic carbocycles. The average molecular weight is 349 g/mol. The molecule has 0 unspecified atom stereocenters. The largest absolute Gasteiger partial charge is 0.490 e. The number of anilines is 1. The predicted octanol–water partition coefficient (Wildman–Crippen LogP) is 3.56. The second-order valence-corrected chi connectivity index (χ2v) is 5.16. The Morgan fingerprint density at radius 2 is 1.96 bits per heavy atom. The van der Waals surface area contributed by atoms with Crippen LogP contribution in [0.25, 0.3) is 0 Å². The molecule has 6 nitrogen and oxygen atoms in total. The van der Waals surface area contributed by atoms with Gasteiger partial charge in [0.05, 0.1) is 12.8 Å². The topological polar surface area (TPSA) is 80.2 Å². The molecule has 0 saturated carbocycles. The molecule has 0 atom stereocenters. The summed E-state index contributed by atoms with van der Waals surface area (Å²) in [6, 6.07) is 11.8. The Morgan fingerprint density at radius 3 is 2.62 bits per heavy atom. The molecule has 0 saturated heterocycles. The SMILES string of the molecule is CCOc1cc(/C=N\O)ccc1OCC(=O)Nc1ccc(Cl)cc1. The number of carbonyl (C=O) groups is 1. The Bertz CT molecular complexity index is 717. The molecule has 0 bridgehead atoms. The van der Waals surface area contributed by atoms with Crippen molar-refractivity contribution in [3.05, 3.63) is 53.1 Å². The molecule has 0 aliphatic carbocycles. The van der Waals surface area contributed by atoms with Gasteiger partial charge in [0.1, 0.15) is 0 Å².